The zero-order chi connectivity index (χ0) is 27.4. The zero-order valence-corrected chi connectivity index (χ0v) is 20.0. The number of carbonyl (C=O) groups excluding carboxylic acids is 4. The molecule has 4 unspecified atom stereocenters. The van der Waals surface area contributed by atoms with Gasteiger partial charge >= 0.3 is 11.9 Å². The molecule has 0 aromatic carbocycles. The molecule has 4 amide bonds. The lowest BCUT2D eigenvalue weighted by atomic mass is 10.0. The molecule has 1 aromatic rings. The Balaban J connectivity index is 3.01. The molecule has 0 radical (unpaired) electrons. The van der Waals surface area contributed by atoms with Gasteiger partial charge in [-0.25, -0.2) is 9.78 Å². The summed E-state index contributed by atoms with van der Waals surface area (Å²) in [5.74, 6) is -6.04. The maximum Gasteiger partial charge on any atom is 0.326 e. The largest absolute Gasteiger partial charge is 0.481 e. The summed E-state index contributed by atoms with van der Waals surface area (Å²) in [5, 5.41) is 25.4. The van der Waals surface area contributed by atoms with Gasteiger partial charge in [-0.1, -0.05) is 13.8 Å². The van der Waals surface area contributed by atoms with Crippen LogP contribution in [0.2, 0.25) is 0 Å². The van der Waals surface area contributed by atoms with Gasteiger partial charge in [-0.2, -0.15) is 0 Å². The summed E-state index contributed by atoms with van der Waals surface area (Å²) in [6.45, 7) is 3.30. The number of rotatable bonds is 16. The van der Waals surface area contributed by atoms with E-state index in [4.69, 9.17) is 16.6 Å². The summed E-state index contributed by atoms with van der Waals surface area (Å²) >= 11 is 0. The van der Waals surface area contributed by atoms with E-state index in [1.807, 2.05) is 0 Å². The predicted octanol–water partition coefficient (Wildman–Crippen LogP) is -2.40. The quantitative estimate of drug-likeness (QED) is 0.117. The summed E-state index contributed by atoms with van der Waals surface area (Å²) in [6.07, 6.45) is 1.66. The average molecular weight is 512 g/mol. The molecule has 4 atom stereocenters. The number of primary amides is 1. The van der Waals surface area contributed by atoms with Crippen molar-refractivity contribution in [2.24, 2.45) is 17.4 Å². The van der Waals surface area contributed by atoms with Gasteiger partial charge in [0.15, 0.2) is 0 Å². The first-order valence-electron chi connectivity index (χ1n) is 11.2. The van der Waals surface area contributed by atoms with Crippen LogP contribution in [-0.2, 0) is 35.2 Å². The van der Waals surface area contributed by atoms with Crippen LogP contribution in [0.4, 0.5) is 0 Å². The summed E-state index contributed by atoms with van der Waals surface area (Å²) in [5.41, 5.74) is 11.3. The molecular formula is C21H33N7O8. The lowest BCUT2D eigenvalue weighted by molar-refractivity contribution is -0.143. The highest BCUT2D eigenvalue weighted by atomic mass is 16.4. The summed E-state index contributed by atoms with van der Waals surface area (Å²) < 4.78 is 0. The molecule has 0 saturated carbocycles. The Bertz CT molecular complexity index is 935. The number of hydrogen-bond donors (Lipinski definition) is 8. The molecule has 0 aliphatic heterocycles. The number of hydrogen-bond acceptors (Lipinski definition) is 8. The van der Waals surface area contributed by atoms with Crippen LogP contribution >= 0.6 is 0 Å². The first-order chi connectivity index (χ1) is 16.8. The van der Waals surface area contributed by atoms with Crippen LogP contribution < -0.4 is 27.4 Å². The fourth-order valence-corrected chi connectivity index (χ4v) is 3.11. The van der Waals surface area contributed by atoms with E-state index in [0.29, 0.717) is 5.69 Å². The standard InChI is InChI=1S/C21H33N7O8/c1-10(2)17(28-18(32)12(22)3-5-15(23)29)20(34)27-14(7-11-8-24-9-25-11)19(33)26-13(21(35)36)4-6-16(30)31/h8-10,12-14,17H,3-7,22H2,1-2H3,(H2,23,29)(H,24,25)(H,26,33)(H,27,34)(H,28,32)(H,30,31)(H,35,36). The highest BCUT2D eigenvalue weighted by molar-refractivity contribution is 5.94. The predicted molar refractivity (Wildman–Crippen MR) is 124 cm³/mol. The van der Waals surface area contributed by atoms with E-state index in [1.54, 1.807) is 13.8 Å². The molecule has 0 aliphatic rings. The molecule has 0 bridgehead atoms. The summed E-state index contributed by atoms with van der Waals surface area (Å²) in [6, 6.07) is -5.00. The fourth-order valence-electron chi connectivity index (χ4n) is 3.11. The van der Waals surface area contributed by atoms with Crippen LogP contribution in [0.25, 0.3) is 0 Å². The second kappa shape index (κ2) is 14.4. The van der Waals surface area contributed by atoms with Gasteiger partial charge in [0.1, 0.15) is 18.1 Å². The van der Waals surface area contributed by atoms with Crippen molar-refractivity contribution < 1.29 is 39.0 Å². The van der Waals surface area contributed by atoms with Crippen molar-refractivity contribution in [2.75, 3.05) is 0 Å². The van der Waals surface area contributed by atoms with Crippen LogP contribution in [0.3, 0.4) is 0 Å². The molecule has 0 aliphatic carbocycles. The molecule has 1 heterocycles. The van der Waals surface area contributed by atoms with Gasteiger partial charge in [-0.05, 0) is 18.8 Å². The molecular weight excluding hydrogens is 478 g/mol. The highest BCUT2D eigenvalue weighted by Gasteiger charge is 2.32. The van der Waals surface area contributed by atoms with Crippen LogP contribution in [0.15, 0.2) is 12.5 Å². The Morgan fingerprint density at radius 2 is 1.58 bits per heavy atom. The van der Waals surface area contributed by atoms with Crippen LogP contribution in [0.5, 0.6) is 0 Å². The van der Waals surface area contributed by atoms with Gasteiger partial charge in [0.2, 0.25) is 23.6 Å². The minimum atomic E-state index is -1.50. The second-order valence-electron chi connectivity index (χ2n) is 8.52. The van der Waals surface area contributed by atoms with E-state index in [9.17, 15) is 33.9 Å². The normalized spacial score (nSPS) is 14.2. The van der Waals surface area contributed by atoms with Gasteiger partial charge in [-0.15, -0.1) is 0 Å². The van der Waals surface area contributed by atoms with Gasteiger partial charge in [0, 0.05) is 31.2 Å². The minimum Gasteiger partial charge on any atom is -0.481 e. The maximum absolute atomic E-state index is 13.0. The first kappa shape index (κ1) is 30.0. The number of aliphatic carboxylic acids is 2. The number of aromatic nitrogens is 2. The molecule has 10 N–H and O–H groups in total. The van der Waals surface area contributed by atoms with Crippen molar-refractivity contribution in [1.29, 1.82) is 0 Å². The van der Waals surface area contributed by atoms with Crippen LogP contribution in [0.1, 0.15) is 45.2 Å². The number of carboxylic acid groups (broad SMARTS) is 2. The number of nitrogens with zero attached hydrogens (tertiary/aromatic N) is 1. The van der Waals surface area contributed by atoms with Crippen molar-refractivity contribution in [2.45, 2.75) is 70.1 Å². The first-order valence-corrected chi connectivity index (χ1v) is 11.2. The van der Waals surface area contributed by atoms with Crippen molar-refractivity contribution >= 4 is 35.6 Å². The Kier molecular flexibility index (Phi) is 12.0. The summed E-state index contributed by atoms with van der Waals surface area (Å²) in [7, 11) is 0. The van der Waals surface area contributed by atoms with E-state index in [0.717, 1.165) is 0 Å². The SMILES string of the molecule is CC(C)C(NC(=O)C(N)CCC(N)=O)C(=O)NC(Cc1cnc[nH]1)C(=O)NC(CCC(=O)O)C(=O)O. The topological polar surface area (TPSA) is 260 Å². The third-order valence-corrected chi connectivity index (χ3v) is 5.16. The van der Waals surface area contributed by atoms with Gasteiger partial charge in [0.25, 0.3) is 0 Å². The maximum atomic E-state index is 13.0. The molecule has 15 heteroatoms. The number of carbonyl (C=O) groups is 6. The Labute approximate surface area is 206 Å². The molecule has 0 spiro atoms. The molecule has 36 heavy (non-hydrogen) atoms. The molecule has 15 nitrogen and oxygen atoms in total. The van der Waals surface area contributed by atoms with Crippen LogP contribution in [0, 0.1) is 5.92 Å². The lowest BCUT2D eigenvalue weighted by Crippen LogP contribution is -2.59. The lowest BCUT2D eigenvalue weighted by Gasteiger charge is -2.26. The van der Waals surface area contributed by atoms with E-state index in [2.05, 4.69) is 25.9 Å². The van der Waals surface area contributed by atoms with Crippen molar-refractivity contribution in [1.82, 2.24) is 25.9 Å². The molecule has 0 saturated heterocycles. The molecule has 1 aromatic heterocycles. The number of H-pyrrole nitrogens is 1. The molecule has 200 valence electrons. The number of nitrogens with one attached hydrogen (secondary N) is 4. The van der Waals surface area contributed by atoms with E-state index >= 15 is 0 Å². The summed E-state index contributed by atoms with van der Waals surface area (Å²) in [4.78, 5) is 78.2. The Morgan fingerprint density at radius 1 is 0.944 bits per heavy atom. The number of imidazole rings is 1. The van der Waals surface area contributed by atoms with Gasteiger partial charge in [-0.3, -0.25) is 24.0 Å². The monoisotopic (exact) mass is 511 g/mol. The third-order valence-electron chi connectivity index (χ3n) is 5.16. The van der Waals surface area contributed by atoms with Gasteiger partial charge < -0.3 is 42.6 Å². The minimum absolute atomic E-state index is 0.0224. The fraction of sp³-hybridized carbons (Fsp3) is 0.571. The molecule has 0 fully saturated rings. The van der Waals surface area contributed by atoms with E-state index in [1.165, 1.54) is 12.5 Å². The van der Waals surface area contributed by atoms with Crippen molar-refractivity contribution in [3.8, 4) is 0 Å². The van der Waals surface area contributed by atoms with Crippen molar-refractivity contribution in [3.63, 3.8) is 0 Å². The van der Waals surface area contributed by atoms with E-state index < -0.39 is 72.1 Å². The Hall–Kier alpha value is -4.01. The average Bonchev–Trinajstić information content (AvgIpc) is 3.30. The zero-order valence-electron chi connectivity index (χ0n) is 20.0. The van der Waals surface area contributed by atoms with E-state index in [-0.39, 0.29) is 25.7 Å². The number of aromatic amines is 1. The number of nitrogens with two attached hydrogens (primary N) is 2. The number of amides is 4. The second-order valence-corrected chi connectivity index (χ2v) is 8.52. The molecule has 1 rings (SSSR count). The Morgan fingerprint density at radius 3 is 2.08 bits per heavy atom. The van der Waals surface area contributed by atoms with Gasteiger partial charge in [0.05, 0.1) is 12.4 Å². The number of carboxylic acids is 2. The smallest absolute Gasteiger partial charge is 0.326 e. The third kappa shape index (κ3) is 10.5. The van der Waals surface area contributed by atoms with Crippen molar-refractivity contribution in [3.05, 3.63) is 18.2 Å². The van der Waals surface area contributed by atoms with Crippen LogP contribution in [-0.4, -0.2) is 79.9 Å². The highest BCUT2D eigenvalue weighted by Crippen LogP contribution is 2.07.